The maximum atomic E-state index is 13.2. The number of halogens is 2. The molecule has 1 aliphatic rings. The summed E-state index contributed by atoms with van der Waals surface area (Å²) in [6.07, 6.45) is 0.870. The summed E-state index contributed by atoms with van der Waals surface area (Å²) in [4.78, 5) is 0. The van der Waals surface area contributed by atoms with Crippen LogP contribution in [0.3, 0.4) is 0 Å². The summed E-state index contributed by atoms with van der Waals surface area (Å²) in [6.45, 7) is 1.29. The van der Waals surface area contributed by atoms with Gasteiger partial charge in [0.2, 0.25) is 0 Å². The minimum atomic E-state index is -0.702. The third-order valence-corrected chi connectivity index (χ3v) is 3.41. The van der Waals surface area contributed by atoms with Crippen molar-refractivity contribution >= 4 is 11.6 Å². The van der Waals surface area contributed by atoms with Gasteiger partial charge in [-0.2, -0.15) is 0 Å². The molecule has 1 aromatic rings. The van der Waals surface area contributed by atoms with Crippen LogP contribution in [0.2, 0.25) is 5.02 Å². The van der Waals surface area contributed by atoms with Crippen molar-refractivity contribution < 1.29 is 14.2 Å². The second kappa shape index (κ2) is 5.13. The number of ether oxygens (including phenoxy) is 1. The lowest BCUT2D eigenvalue weighted by atomic mass is 9.89. The molecule has 16 heavy (non-hydrogen) atoms. The van der Waals surface area contributed by atoms with Gasteiger partial charge in [0.05, 0.1) is 11.1 Å². The average molecular weight is 245 g/mol. The van der Waals surface area contributed by atoms with Crippen LogP contribution in [0.25, 0.3) is 0 Å². The molecule has 88 valence electrons. The monoisotopic (exact) mass is 244 g/mol. The zero-order valence-electron chi connectivity index (χ0n) is 8.83. The molecule has 2 rings (SSSR count). The summed E-state index contributed by atoms with van der Waals surface area (Å²) < 4.78 is 18.5. The van der Waals surface area contributed by atoms with Crippen molar-refractivity contribution in [1.29, 1.82) is 0 Å². The number of hydrogen-bond donors (Lipinski definition) is 1. The van der Waals surface area contributed by atoms with Gasteiger partial charge in [-0.15, -0.1) is 0 Å². The fourth-order valence-corrected chi connectivity index (χ4v) is 2.27. The van der Waals surface area contributed by atoms with Crippen LogP contribution in [0.15, 0.2) is 18.2 Å². The van der Waals surface area contributed by atoms with Gasteiger partial charge in [0.1, 0.15) is 5.82 Å². The number of aliphatic hydroxyl groups excluding tert-OH is 1. The Hall–Kier alpha value is -0.640. The first-order chi connectivity index (χ1) is 7.70. The molecular weight excluding hydrogens is 231 g/mol. The summed E-state index contributed by atoms with van der Waals surface area (Å²) in [6, 6.07) is 4.53. The summed E-state index contributed by atoms with van der Waals surface area (Å²) in [5.74, 6) is -0.377. The fourth-order valence-electron chi connectivity index (χ4n) is 2.03. The van der Waals surface area contributed by atoms with E-state index in [-0.39, 0.29) is 10.9 Å². The van der Waals surface area contributed by atoms with Gasteiger partial charge >= 0.3 is 0 Å². The van der Waals surface area contributed by atoms with Gasteiger partial charge < -0.3 is 9.84 Å². The highest BCUT2D eigenvalue weighted by molar-refractivity contribution is 6.31. The van der Waals surface area contributed by atoms with E-state index in [0.717, 1.165) is 12.8 Å². The van der Waals surface area contributed by atoms with Gasteiger partial charge in [-0.25, -0.2) is 4.39 Å². The Morgan fingerprint density at radius 3 is 2.75 bits per heavy atom. The molecule has 0 bridgehead atoms. The molecule has 0 saturated carbocycles. The molecule has 0 spiro atoms. The Morgan fingerprint density at radius 1 is 1.38 bits per heavy atom. The van der Waals surface area contributed by atoms with E-state index in [1.165, 1.54) is 6.07 Å². The first-order valence-corrected chi connectivity index (χ1v) is 5.77. The lowest BCUT2D eigenvalue weighted by molar-refractivity contribution is 0.00713. The second-order valence-corrected chi connectivity index (χ2v) is 4.42. The van der Waals surface area contributed by atoms with E-state index in [1.807, 2.05) is 0 Å². The van der Waals surface area contributed by atoms with Crippen molar-refractivity contribution in [2.75, 3.05) is 13.2 Å². The smallest absolute Gasteiger partial charge is 0.142 e. The lowest BCUT2D eigenvalue weighted by Crippen LogP contribution is -2.22. The molecule has 1 aromatic carbocycles. The van der Waals surface area contributed by atoms with Crippen LogP contribution in [0, 0.1) is 11.7 Å². The summed E-state index contributed by atoms with van der Waals surface area (Å²) in [5, 5.41) is 10.2. The van der Waals surface area contributed by atoms with Gasteiger partial charge in [0.25, 0.3) is 0 Å². The first kappa shape index (κ1) is 11.8. The maximum Gasteiger partial charge on any atom is 0.142 e. The van der Waals surface area contributed by atoms with E-state index >= 15 is 0 Å². The Morgan fingerprint density at radius 2 is 2.06 bits per heavy atom. The summed E-state index contributed by atoms with van der Waals surface area (Å²) >= 11 is 5.84. The molecule has 2 nitrogen and oxygen atoms in total. The quantitative estimate of drug-likeness (QED) is 0.867. The number of rotatable bonds is 2. The highest BCUT2D eigenvalue weighted by Crippen LogP contribution is 2.34. The molecule has 0 radical (unpaired) electrons. The number of hydrogen-bond acceptors (Lipinski definition) is 2. The summed E-state index contributed by atoms with van der Waals surface area (Å²) in [7, 11) is 0. The van der Waals surface area contributed by atoms with Crippen molar-refractivity contribution in [2.24, 2.45) is 5.92 Å². The van der Waals surface area contributed by atoms with E-state index < -0.39 is 11.9 Å². The number of aliphatic hydroxyl groups is 1. The SMILES string of the molecule is OC(c1cccc(F)c1Cl)C1CCOCC1. The topological polar surface area (TPSA) is 29.5 Å². The molecule has 4 heteroatoms. The van der Waals surface area contributed by atoms with Crippen LogP contribution in [-0.2, 0) is 4.74 Å². The predicted octanol–water partition coefficient (Wildman–Crippen LogP) is 2.94. The zero-order valence-corrected chi connectivity index (χ0v) is 9.58. The molecule has 1 aliphatic heterocycles. The normalized spacial score (nSPS) is 19.7. The minimum absolute atomic E-state index is 0.0292. The lowest BCUT2D eigenvalue weighted by Gasteiger charge is -2.27. The fraction of sp³-hybridized carbons (Fsp3) is 0.500. The van der Waals surface area contributed by atoms with Crippen molar-refractivity contribution in [3.63, 3.8) is 0 Å². The van der Waals surface area contributed by atoms with Gasteiger partial charge in [0, 0.05) is 18.8 Å². The van der Waals surface area contributed by atoms with Gasteiger partial charge in [-0.05, 0) is 24.8 Å². The van der Waals surface area contributed by atoms with Crippen LogP contribution in [-0.4, -0.2) is 18.3 Å². The van der Waals surface area contributed by atoms with Crippen molar-refractivity contribution in [2.45, 2.75) is 18.9 Å². The molecule has 1 heterocycles. The summed E-state index contributed by atoms with van der Waals surface area (Å²) in [5.41, 5.74) is 0.480. The average Bonchev–Trinajstić information content (AvgIpc) is 2.33. The third kappa shape index (κ3) is 2.37. The molecule has 1 unspecified atom stereocenters. The van der Waals surface area contributed by atoms with Gasteiger partial charge in [-0.1, -0.05) is 23.7 Å². The number of benzene rings is 1. The van der Waals surface area contributed by atoms with Crippen molar-refractivity contribution in [3.8, 4) is 0 Å². The molecule has 0 amide bonds. The molecule has 1 saturated heterocycles. The minimum Gasteiger partial charge on any atom is -0.388 e. The molecule has 1 atom stereocenters. The Balaban J connectivity index is 2.19. The van der Waals surface area contributed by atoms with E-state index in [2.05, 4.69) is 0 Å². The van der Waals surface area contributed by atoms with Crippen LogP contribution in [0.5, 0.6) is 0 Å². The van der Waals surface area contributed by atoms with Crippen molar-refractivity contribution in [3.05, 3.63) is 34.6 Å². The Labute approximate surface area is 99.0 Å². The Bertz CT molecular complexity index is 364. The van der Waals surface area contributed by atoms with Crippen LogP contribution >= 0.6 is 11.6 Å². The highest BCUT2D eigenvalue weighted by Gasteiger charge is 2.25. The molecule has 1 N–H and O–H groups in total. The van der Waals surface area contributed by atoms with Gasteiger partial charge in [-0.3, -0.25) is 0 Å². The molecular formula is C12H14ClFO2. The highest BCUT2D eigenvalue weighted by atomic mass is 35.5. The second-order valence-electron chi connectivity index (χ2n) is 4.04. The van der Waals surface area contributed by atoms with Crippen molar-refractivity contribution in [1.82, 2.24) is 0 Å². The predicted molar refractivity (Wildman–Crippen MR) is 59.9 cm³/mol. The molecule has 0 aromatic heterocycles. The maximum absolute atomic E-state index is 13.2. The van der Waals surface area contributed by atoms with E-state index in [4.69, 9.17) is 16.3 Å². The van der Waals surface area contributed by atoms with Crippen LogP contribution in [0.1, 0.15) is 24.5 Å². The van der Waals surface area contributed by atoms with E-state index in [0.29, 0.717) is 18.8 Å². The first-order valence-electron chi connectivity index (χ1n) is 5.40. The molecule has 1 fully saturated rings. The van der Waals surface area contributed by atoms with Crippen LogP contribution in [0.4, 0.5) is 4.39 Å². The zero-order chi connectivity index (χ0) is 11.5. The van der Waals surface area contributed by atoms with E-state index in [9.17, 15) is 9.50 Å². The Kier molecular flexibility index (Phi) is 3.79. The third-order valence-electron chi connectivity index (χ3n) is 3.01. The largest absolute Gasteiger partial charge is 0.388 e. The van der Waals surface area contributed by atoms with E-state index in [1.54, 1.807) is 12.1 Å². The van der Waals surface area contributed by atoms with Crippen LogP contribution < -0.4 is 0 Å². The standard InChI is InChI=1S/C12H14ClFO2/c13-11-9(2-1-3-10(11)14)12(15)8-4-6-16-7-5-8/h1-3,8,12,15H,4-7H2. The van der Waals surface area contributed by atoms with Gasteiger partial charge in [0.15, 0.2) is 0 Å². The molecule has 0 aliphatic carbocycles.